The summed E-state index contributed by atoms with van der Waals surface area (Å²) in [5.74, 6) is -0.353. The van der Waals surface area contributed by atoms with Crippen LogP contribution in [0.3, 0.4) is 0 Å². The molecule has 3 aromatic carbocycles. The lowest BCUT2D eigenvalue weighted by atomic mass is 9.85. The van der Waals surface area contributed by atoms with E-state index in [1.54, 1.807) is 12.3 Å². The average molecular weight is 614 g/mol. The van der Waals surface area contributed by atoms with Gasteiger partial charge in [0.15, 0.2) is 0 Å². The highest BCUT2D eigenvalue weighted by molar-refractivity contribution is 6.45. The zero-order valence-electron chi connectivity index (χ0n) is 26.9. The van der Waals surface area contributed by atoms with E-state index in [0.717, 1.165) is 88.1 Å². The van der Waals surface area contributed by atoms with Crippen molar-refractivity contribution in [3.8, 4) is 0 Å². The number of carbonyl (C=O) groups excluding carboxylic acids is 1. The van der Waals surface area contributed by atoms with Crippen LogP contribution in [-0.2, 0) is 24.3 Å². The van der Waals surface area contributed by atoms with Gasteiger partial charge in [-0.2, -0.15) is 0 Å². The fourth-order valence-electron chi connectivity index (χ4n) is 5.91. The number of hydrogen-bond donors (Lipinski definition) is 3. The minimum atomic E-state index is -0.424. The van der Waals surface area contributed by atoms with Crippen LogP contribution in [0, 0.1) is 5.82 Å². The highest BCUT2D eigenvalue weighted by Crippen LogP contribution is 2.20. The van der Waals surface area contributed by atoms with Crippen molar-refractivity contribution in [1.82, 2.24) is 24.9 Å². The number of rotatable bonds is 20. The van der Waals surface area contributed by atoms with Crippen LogP contribution in [0.4, 0.5) is 4.39 Å². The number of fused-ring (bicyclic) bond motifs is 1. The zero-order valence-corrected chi connectivity index (χ0v) is 26.9. The molecular weight excluding hydrogens is 564 g/mol. The van der Waals surface area contributed by atoms with Gasteiger partial charge in [0.2, 0.25) is 5.91 Å². The molecule has 0 aliphatic heterocycles. The largest absolute Gasteiger partial charge is 0.437 e. The van der Waals surface area contributed by atoms with E-state index in [1.165, 1.54) is 23.3 Å². The van der Waals surface area contributed by atoms with E-state index in [4.69, 9.17) is 0 Å². The second-order valence-electron chi connectivity index (χ2n) is 11.9. The molecule has 0 atom stereocenters. The van der Waals surface area contributed by atoms with Gasteiger partial charge in [-0.1, -0.05) is 67.6 Å². The van der Waals surface area contributed by atoms with Gasteiger partial charge >= 0.3 is 7.05 Å². The molecule has 0 unspecified atom stereocenters. The fraction of sp³-hybridized carbons (Fsp3) is 0.417. The van der Waals surface area contributed by atoms with E-state index >= 15 is 0 Å². The normalized spacial score (nSPS) is 11.6. The van der Waals surface area contributed by atoms with Crippen molar-refractivity contribution in [2.75, 3.05) is 45.8 Å². The number of benzene rings is 3. The van der Waals surface area contributed by atoms with Gasteiger partial charge in [-0.05, 0) is 93.7 Å². The Hall–Kier alpha value is -3.50. The lowest BCUT2D eigenvalue weighted by molar-refractivity contribution is -0.120. The van der Waals surface area contributed by atoms with E-state index in [2.05, 4.69) is 86.4 Å². The molecule has 45 heavy (non-hydrogen) atoms. The molecule has 1 heterocycles. The van der Waals surface area contributed by atoms with E-state index in [9.17, 15) is 14.2 Å². The molecule has 1 aromatic heterocycles. The molecule has 9 heteroatoms. The number of carbonyl (C=O) groups is 1. The molecule has 3 N–H and O–H groups in total. The first-order valence-corrected chi connectivity index (χ1v) is 16.4. The number of nitrogens with zero attached hydrogens (tertiary/aromatic N) is 3. The summed E-state index contributed by atoms with van der Waals surface area (Å²) in [6.45, 7) is 11.8. The maximum absolute atomic E-state index is 13.7. The summed E-state index contributed by atoms with van der Waals surface area (Å²) in [6.07, 6.45) is 4.91. The minimum absolute atomic E-state index is 0.0523. The van der Waals surface area contributed by atoms with Crippen molar-refractivity contribution in [2.24, 2.45) is 0 Å². The Morgan fingerprint density at radius 2 is 1.42 bits per heavy atom. The minimum Gasteiger partial charge on any atom is -0.437 e. The van der Waals surface area contributed by atoms with Crippen LogP contribution < -0.4 is 5.32 Å². The smallest absolute Gasteiger partial charge is 0.376 e. The molecule has 0 fully saturated rings. The number of H-pyrrole nitrogens is 1. The Labute approximate surface area is 268 Å². The maximum atomic E-state index is 13.7. The highest BCUT2D eigenvalue weighted by Gasteiger charge is 2.15. The van der Waals surface area contributed by atoms with E-state index < -0.39 is 7.05 Å². The molecule has 7 nitrogen and oxygen atoms in total. The van der Waals surface area contributed by atoms with Gasteiger partial charge in [0, 0.05) is 43.3 Å². The molecule has 0 saturated heterocycles. The summed E-state index contributed by atoms with van der Waals surface area (Å²) in [5.41, 5.74) is 4.24. The second-order valence-corrected chi connectivity index (χ2v) is 11.9. The van der Waals surface area contributed by atoms with Crippen LogP contribution in [0.1, 0.15) is 42.9 Å². The molecule has 0 spiro atoms. The van der Waals surface area contributed by atoms with Crippen molar-refractivity contribution in [2.45, 2.75) is 52.5 Å². The third-order valence-electron chi connectivity index (χ3n) is 8.35. The summed E-state index contributed by atoms with van der Waals surface area (Å²) < 4.78 is 13.7. The Morgan fingerprint density at radius 3 is 2.00 bits per heavy atom. The molecule has 0 aliphatic carbocycles. The number of aromatic amines is 1. The number of amides is 1. The number of nitrogens with one attached hydrogen (secondary N) is 2. The molecule has 0 radical (unpaired) electrons. The van der Waals surface area contributed by atoms with Gasteiger partial charge in [0.25, 0.3) is 0 Å². The van der Waals surface area contributed by atoms with Crippen molar-refractivity contribution in [3.05, 3.63) is 108 Å². The van der Waals surface area contributed by atoms with E-state index in [-0.39, 0.29) is 18.1 Å². The predicted octanol–water partition coefficient (Wildman–Crippen LogP) is 5.57. The van der Waals surface area contributed by atoms with Gasteiger partial charge in [0.05, 0.1) is 6.42 Å². The molecular formula is C36H49BFN5O2. The third-order valence-corrected chi connectivity index (χ3v) is 8.35. The molecule has 0 aliphatic rings. The quantitative estimate of drug-likeness (QED) is 0.0898. The van der Waals surface area contributed by atoms with Crippen LogP contribution in [0.2, 0.25) is 6.82 Å². The molecule has 240 valence electrons. The van der Waals surface area contributed by atoms with Crippen LogP contribution in [0.15, 0.2) is 85.1 Å². The molecule has 1 amide bonds. The standard InChI is InChI=1S/C36H49BFN5O2/c1-3-43(37(2)45)24-12-23-42(29-31-15-8-5-9-16-31)22-11-21-41(28-30-13-6-4-7-14-30)20-10-19-39-36(44)25-32-27-40-35-18-17-33(38)26-34(32)35/h4-9,13-18,26-27,40,45H,3,10-12,19-25,28-29H2,1-2H3,(H,39,44). The first-order chi connectivity index (χ1) is 21.9. The number of hydrogen-bond acceptors (Lipinski definition) is 5. The lowest BCUT2D eigenvalue weighted by Crippen LogP contribution is -2.39. The van der Waals surface area contributed by atoms with Gasteiger partial charge in [-0.15, -0.1) is 0 Å². The first-order valence-electron chi connectivity index (χ1n) is 16.4. The van der Waals surface area contributed by atoms with Crippen molar-refractivity contribution < 1.29 is 14.2 Å². The van der Waals surface area contributed by atoms with Crippen molar-refractivity contribution in [3.63, 3.8) is 0 Å². The molecule has 0 bridgehead atoms. The highest BCUT2D eigenvalue weighted by atomic mass is 19.1. The molecule has 4 aromatic rings. The van der Waals surface area contributed by atoms with Crippen LogP contribution >= 0.6 is 0 Å². The van der Waals surface area contributed by atoms with Crippen LogP contribution in [0.25, 0.3) is 10.9 Å². The van der Waals surface area contributed by atoms with Gasteiger partial charge in [0.1, 0.15) is 5.82 Å². The molecule has 0 saturated carbocycles. The lowest BCUT2D eigenvalue weighted by Gasteiger charge is -2.27. The Bertz CT molecular complexity index is 1420. The maximum Gasteiger partial charge on any atom is 0.376 e. The third kappa shape index (κ3) is 11.7. The summed E-state index contributed by atoms with van der Waals surface area (Å²) in [7, 11) is -0.424. The zero-order chi connectivity index (χ0) is 31.9. The van der Waals surface area contributed by atoms with E-state index in [0.29, 0.717) is 6.54 Å². The predicted molar refractivity (Wildman–Crippen MR) is 183 cm³/mol. The monoisotopic (exact) mass is 613 g/mol. The van der Waals surface area contributed by atoms with Gasteiger partial charge < -0.3 is 20.1 Å². The van der Waals surface area contributed by atoms with Crippen molar-refractivity contribution >= 4 is 23.9 Å². The van der Waals surface area contributed by atoms with Crippen LogP contribution in [-0.4, -0.2) is 83.4 Å². The number of halogens is 1. The van der Waals surface area contributed by atoms with E-state index in [1.807, 2.05) is 12.9 Å². The SMILES string of the molecule is CCN(CCCN(CCCN(CCCNC(=O)Cc1c[nH]c2ccc(F)cc12)Cc1ccccc1)Cc1ccccc1)B(C)O. The average Bonchev–Trinajstić information content (AvgIpc) is 3.43. The summed E-state index contributed by atoms with van der Waals surface area (Å²) >= 11 is 0. The molecule has 4 rings (SSSR count). The van der Waals surface area contributed by atoms with Crippen molar-refractivity contribution in [1.29, 1.82) is 0 Å². The fourth-order valence-corrected chi connectivity index (χ4v) is 5.91. The topological polar surface area (TPSA) is 74.8 Å². The van der Waals surface area contributed by atoms with Crippen LogP contribution in [0.5, 0.6) is 0 Å². The van der Waals surface area contributed by atoms with Gasteiger partial charge in [-0.3, -0.25) is 14.6 Å². The summed E-state index contributed by atoms with van der Waals surface area (Å²) in [4.78, 5) is 22.9. The van der Waals surface area contributed by atoms with Gasteiger partial charge in [-0.25, -0.2) is 4.39 Å². The summed E-state index contributed by atoms with van der Waals surface area (Å²) in [5, 5.41) is 13.8. The first kappa shape index (κ1) is 34.4. The second kappa shape index (κ2) is 18.5. The Morgan fingerprint density at radius 1 is 0.844 bits per heavy atom. The Kier molecular flexibility index (Phi) is 14.1. The summed E-state index contributed by atoms with van der Waals surface area (Å²) in [6, 6.07) is 25.8. The number of aromatic nitrogens is 1. The Balaban J connectivity index is 1.27.